The lowest BCUT2D eigenvalue weighted by molar-refractivity contribution is 0.462. The van der Waals surface area contributed by atoms with Crippen LogP contribution in [0.5, 0.6) is 5.75 Å². The van der Waals surface area contributed by atoms with Gasteiger partial charge in [0.1, 0.15) is 5.75 Å². The van der Waals surface area contributed by atoms with Crippen molar-refractivity contribution in [3.05, 3.63) is 71.3 Å². The van der Waals surface area contributed by atoms with Crippen LogP contribution in [0.3, 0.4) is 0 Å². The van der Waals surface area contributed by atoms with Crippen molar-refractivity contribution in [3.8, 4) is 5.75 Å². The van der Waals surface area contributed by atoms with Crippen LogP contribution in [-0.2, 0) is 12.8 Å². The first kappa shape index (κ1) is 13.9. The number of phenols is 1. The van der Waals surface area contributed by atoms with Crippen LogP contribution in [-0.4, -0.2) is 5.11 Å². The molecule has 1 aliphatic rings. The first-order valence-electron chi connectivity index (χ1n) is 7.86. The SMILES string of the molecule is C=C(c1ccccc1)c1ccc(O)c2c1CCCCCC2. The van der Waals surface area contributed by atoms with Crippen molar-refractivity contribution in [3.63, 3.8) is 0 Å². The Bertz CT molecular complexity index is 640. The summed E-state index contributed by atoms with van der Waals surface area (Å²) in [6.07, 6.45) is 6.95. The van der Waals surface area contributed by atoms with E-state index in [0.29, 0.717) is 5.75 Å². The summed E-state index contributed by atoms with van der Waals surface area (Å²) in [5.41, 5.74) is 5.88. The molecule has 0 bridgehead atoms. The van der Waals surface area contributed by atoms with Gasteiger partial charge in [0.2, 0.25) is 0 Å². The second kappa shape index (κ2) is 6.17. The number of phenolic OH excluding ortho intramolecular Hbond substituents is 1. The van der Waals surface area contributed by atoms with E-state index >= 15 is 0 Å². The Balaban J connectivity index is 2.06. The zero-order chi connectivity index (χ0) is 14.7. The summed E-state index contributed by atoms with van der Waals surface area (Å²) in [7, 11) is 0. The molecule has 1 N–H and O–H groups in total. The summed E-state index contributed by atoms with van der Waals surface area (Å²) in [6.45, 7) is 4.31. The summed E-state index contributed by atoms with van der Waals surface area (Å²) >= 11 is 0. The number of hydrogen-bond acceptors (Lipinski definition) is 1. The first-order chi connectivity index (χ1) is 10.3. The van der Waals surface area contributed by atoms with Gasteiger partial charge in [-0.2, -0.15) is 0 Å². The molecule has 2 aromatic carbocycles. The number of hydrogen-bond donors (Lipinski definition) is 1. The van der Waals surface area contributed by atoms with Crippen molar-refractivity contribution in [2.75, 3.05) is 0 Å². The van der Waals surface area contributed by atoms with Crippen molar-refractivity contribution in [2.45, 2.75) is 38.5 Å². The lowest BCUT2D eigenvalue weighted by Crippen LogP contribution is -2.04. The predicted octanol–water partition coefficient (Wildman–Crippen LogP) is 5.11. The van der Waals surface area contributed by atoms with Gasteiger partial charge in [-0.15, -0.1) is 0 Å². The molecular weight excluding hydrogens is 256 g/mol. The average molecular weight is 278 g/mol. The predicted molar refractivity (Wildman–Crippen MR) is 88.6 cm³/mol. The fourth-order valence-electron chi connectivity index (χ4n) is 3.28. The Morgan fingerprint density at radius 2 is 1.48 bits per heavy atom. The van der Waals surface area contributed by atoms with E-state index < -0.39 is 0 Å². The zero-order valence-electron chi connectivity index (χ0n) is 12.4. The van der Waals surface area contributed by atoms with E-state index in [-0.39, 0.29) is 0 Å². The molecule has 1 nitrogen and oxygen atoms in total. The summed E-state index contributed by atoms with van der Waals surface area (Å²) in [6, 6.07) is 14.2. The maximum Gasteiger partial charge on any atom is 0.119 e. The highest BCUT2D eigenvalue weighted by molar-refractivity contribution is 5.80. The van der Waals surface area contributed by atoms with Gasteiger partial charge in [-0.05, 0) is 59.6 Å². The number of fused-ring (bicyclic) bond motifs is 1. The van der Waals surface area contributed by atoms with Crippen molar-refractivity contribution < 1.29 is 5.11 Å². The van der Waals surface area contributed by atoms with Gasteiger partial charge in [-0.25, -0.2) is 0 Å². The number of benzene rings is 2. The molecule has 1 heteroatoms. The molecule has 2 aromatic rings. The van der Waals surface area contributed by atoms with Crippen LogP contribution in [0.2, 0.25) is 0 Å². The van der Waals surface area contributed by atoms with Crippen LogP contribution >= 0.6 is 0 Å². The second-order valence-electron chi connectivity index (χ2n) is 5.85. The molecule has 0 spiro atoms. The fourth-order valence-corrected chi connectivity index (χ4v) is 3.28. The lowest BCUT2D eigenvalue weighted by Gasteiger charge is -2.20. The lowest BCUT2D eigenvalue weighted by atomic mass is 9.85. The van der Waals surface area contributed by atoms with Gasteiger partial charge in [0, 0.05) is 0 Å². The van der Waals surface area contributed by atoms with Gasteiger partial charge >= 0.3 is 0 Å². The van der Waals surface area contributed by atoms with Gasteiger partial charge < -0.3 is 5.11 Å². The highest BCUT2D eigenvalue weighted by Crippen LogP contribution is 2.34. The number of aromatic hydroxyl groups is 1. The Morgan fingerprint density at radius 3 is 2.19 bits per heavy atom. The van der Waals surface area contributed by atoms with Gasteiger partial charge in [-0.3, -0.25) is 0 Å². The maximum absolute atomic E-state index is 10.2. The Kier molecular flexibility index (Phi) is 4.10. The van der Waals surface area contributed by atoms with Crippen LogP contribution < -0.4 is 0 Å². The quantitative estimate of drug-likeness (QED) is 0.809. The van der Waals surface area contributed by atoms with Crippen LogP contribution in [0.1, 0.15) is 47.9 Å². The number of rotatable bonds is 2. The summed E-state index contributed by atoms with van der Waals surface area (Å²) < 4.78 is 0. The molecule has 0 radical (unpaired) electrons. The molecule has 0 unspecified atom stereocenters. The van der Waals surface area contributed by atoms with Gasteiger partial charge in [0.25, 0.3) is 0 Å². The highest BCUT2D eigenvalue weighted by atomic mass is 16.3. The maximum atomic E-state index is 10.2. The minimum atomic E-state index is 0.455. The largest absolute Gasteiger partial charge is 0.508 e. The van der Waals surface area contributed by atoms with Gasteiger partial charge in [0.05, 0.1) is 0 Å². The molecule has 0 saturated heterocycles. The molecular formula is C20H22O. The third-order valence-electron chi connectivity index (χ3n) is 4.46. The normalized spacial score (nSPS) is 14.9. The van der Waals surface area contributed by atoms with Gasteiger partial charge in [-0.1, -0.05) is 55.8 Å². The zero-order valence-corrected chi connectivity index (χ0v) is 12.4. The summed E-state index contributed by atoms with van der Waals surface area (Å²) in [4.78, 5) is 0. The molecule has 0 atom stereocenters. The topological polar surface area (TPSA) is 20.2 Å². The molecule has 108 valence electrons. The summed E-state index contributed by atoms with van der Waals surface area (Å²) in [5, 5.41) is 10.2. The minimum absolute atomic E-state index is 0.455. The molecule has 0 amide bonds. The minimum Gasteiger partial charge on any atom is -0.508 e. The third-order valence-corrected chi connectivity index (χ3v) is 4.46. The highest BCUT2D eigenvalue weighted by Gasteiger charge is 2.16. The van der Waals surface area contributed by atoms with Crippen molar-refractivity contribution >= 4 is 5.57 Å². The van der Waals surface area contributed by atoms with E-state index in [0.717, 1.165) is 29.5 Å². The van der Waals surface area contributed by atoms with E-state index in [1.165, 1.54) is 36.8 Å². The van der Waals surface area contributed by atoms with E-state index in [4.69, 9.17) is 0 Å². The molecule has 21 heavy (non-hydrogen) atoms. The van der Waals surface area contributed by atoms with E-state index in [2.05, 4.69) is 18.7 Å². The fraction of sp³-hybridized carbons (Fsp3) is 0.300. The van der Waals surface area contributed by atoms with E-state index in [9.17, 15) is 5.11 Å². The van der Waals surface area contributed by atoms with Crippen molar-refractivity contribution in [1.82, 2.24) is 0 Å². The van der Waals surface area contributed by atoms with Crippen molar-refractivity contribution in [2.24, 2.45) is 0 Å². The standard InChI is InChI=1S/C20H22O/c1-15(16-9-5-4-6-10-16)17-13-14-20(21)19-12-8-3-2-7-11-18(17)19/h4-6,9-10,13-14,21H,1-3,7-8,11-12H2. The molecule has 0 aromatic heterocycles. The van der Waals surface area contributed by atoms with E-state index in [1.807, 2.05) is 30.3 Å². The molecule has 3 rings (SSSR count). The average Bonchev–Trinajstić information content (AvgIpc) is 2.49. The third kappa shape index (κ3) is 2.87. The first-order valence-corrected chi connectivity index (χ1v) is 7.86. The van der Waals surface area contributed by atoms with E-state index in [1.54, 1.807) is 0 Å². The molecule has 0 heterocycles. The van der Waals surface area contributed by atoms with Crippen LogP contribution in [0.25, 0.3) is 5.57 Å². The summed E-state index contributed by atoms with van der Waals surface area (Å²) in [5.74, 6) is 0.455. The molecule has 1 aliphatic carbocycles. The Morgan fingerprint density at radius 1 is 0.810 bits per heavy atom. The molecule has 0 fully saturated rings. The van der Waals surface area contributed by atoms with Crippen LogP contribution in [0.4, 0.5) is 0 Å². The molecule has 0 saturated carbocycles. The van der Waals surface area contributed by atoms with Gasteiger partial charge in [0.15, 0.2) is 0 Å². The van der Waals surface area contributed by atoms with Crippen molar-refractivity contribution in [1.29, 1.82) is 0 Å². The Labute approximate surface area is 127 Å². The smallest absolute Gasteiger partial charge is 0.119 e. The monoisotopic (exact) mass is 278 g/mol. The van der Waals surface area contributed by atoms with Crippen LogP contribution in [0.15, 0.2) is 49.0 Å². The second-order valence-corrected chi connectivity index (χ2v) is 5.85. The molecule has 0 aliphatic heterocycles. The Hall–Kier alpha value is -2.02. The van der Waals surface area contributed by atoms with Crippen LogP contribution in [0, 0.1) is 0 Å².